The first-order valence-electron chi connectivity index (χ1n) is 9.50. The van der Waals surface area contributed by atoms with Gasteiger partial charge in [-0.1, -0.05) is 19.8 Å². The molecule has 0 bridgehead atoms. The Morgan fingerprint density at radius 2 is 1.86 bits per heavy atom. The van der Waals surface area contributed by atoms with Crippen LogP contribution in [0.1, 0.15) is 51.0 Å². The van der Waals surface area contributed by atoms with Crippen LogP contribution in [0.4, 0.5) is 0 Å². The normalized spacial score (nSPS) is 15.0. The van der Waals surface area contributed by atoms with Gasteiger partial charge in [-0.2, -0.15) is 13.7 Å². The molecule has 0 atom stereocenters. The van der Waals surface area contributed by atoms with Crippen LogP contribution in [-0.4, -0.2) is 37.8 Å². The second-order valence-corrected chi connectivity index (χ2v) is 8.29. The highest BCUT2D eigenvalue weighted by Crippen LogP contribution is 2.26. The second kappa shape index (κ2) is 10.6. The van der Waals surface area contributed by atoms with Crippen LogP contribution in [0.2, 0.25) is 0 Å². The third kappa shape index (κ3) is 6.32. The van der Waals surface area contributed by atoms with Gasteiger partial charge in [0.1, 0.15) is 5.75 Å². The molecule has 0 aromatic heterocycles. The Hall–Kier alpha value is -2.86. The fourth-order valence-electron chi connectivity index (χ4n) is 2.60. The molecule has 1 aromatic carbocycles. The molecule has 0 saturated heterocycles. The number of carbonyl (C=O) groups is 2. The predicted octanol–water partition coefficient (Wildman–Crippen LogP) is 2.85. The quantitative estimate of drug-likeness (QED) is 0.399. The van der Waals surface area contributed by atoms with Gasteiger partial charge in [0.25, 0.3) is 15.9 Å². The Balaban J connectivity index is 1.80. The van der Waals surface area contributed by atoms with Crippen molar-refractivity contribution in [3.05, 3.63) is 41.0 Å². The molecule has 0 unspecified atom stereocenters. The molecule has 29 heavy (non-hydrogen) atoms. The van der Waals surface area contributed by atoms with Crippen LogP contribution in [-0.2, 0) is 24.3 Å². The minimum Gasteiger partial charge on any atom is -0.466 e. The van der Waals surface area contributed by atoms with Crippen LogP contribution < -0.4 is 4.74 Å². The van der Waals surface area contributed by atoms with Crippen molar-refractivity contribution in [1.82, 2.24) is 4.31 Å². The number of nitriles is 1. The number of rotatable bonds is 11. The van der Waals surface area contributed by atoms with E-state index < -0.39 is 21.0 Å². The minimum atomic E-state index is -4.04. The molecule has 0 N–H and O–H groups in total. The molecule has 1 amide bonds. The molecule has 1 aromatic rings. The predicted molar refractivity (Wildman–Crippen MR) is 105 cm³/mol. The van der Waals surface area contributed by atoms with Gasteiger partial charge in [-0.3, -0.25) is 9.59 Å². The lowest BCUT2D eigenvalue weighted by molar-refractivity contribution is -0.143. The number of esters is 1. The van der Waals surface area contributed by atoms with Crippen LogP contribution in [0.3, 0.4) is 0 Å². The number of sulfonamides is 1. The first kappa shape index (κ1) is 22.4. The first-order chi connectivity index (χ1) is 13.9. The highest BCUT2D eigenvalue weighted by atomic mass is 32.2. The largest absolute Gasteiger partial charge is 0.466 e. The summed E-state index contributed by atoms with van der Waals surface area (Å²) >= 11 is 0. The summed E-state index contributed by atoms with van der Waals surface area (Å²) in [6, 6.07) is 7.85. The molecule has 9 heteroatoms. The molecule has 0 spiro atoms. The minimum absolute atomic E-state index is 0.0166. The molecule has 0 aliphatic carbocycles. The van der Waals surface area contributed by atoms with Crippen LogP contribution >= 0.6 is 0 Å². The summed E-state index contributed by atoms with van der Waals surface area (Å²) in [6.45, 7) is 2.45. The number of nitrogens with zero attached hydrogens (tertiary/aromatic N) is 2. The summed E-state index contributed by atoms with van der Waals surface area (Å²) in [4.78, 5) is 23.6. The van der Waals surface area contributed by atoms with Gasteiger partial charge < -0.3 is 9.47 Å². The van der Waals surface area contributed by atoms with E-state index in [0.717, 1.165) is 23.2 Å². The van der Waals surface area contributed by atoms with Gasteiger partial charge in [0, 0.05) is 13.0 Å². The average molecular weight is 420 g/mol. The zero-order valence-corrected chi connectivity index (χ0v) is 17.1. The Morgan fingerprint density at radius 1 is 1.14 bits per heavy atom. The molecule has 8 nitrogen and oxygen atoms in total. The summed E-state index contributed by atoms with van der Waals surface area (Å²) in [6.07, 6.45) is 4.60. The monoisotopic (exact) mass is 420 g/mol. The highest BCUT2D eigenvalue weighted by Gasteiger charge is 2.38. The van der Waals surface area contributed by atoms with Crippen molar-refractivity contribution in [3.63, 3.8) is 0 Å². The molecule has 156 valence electrons. The lowest BCUT2D eigenvalue weighted by Gasteiger charge is -2.16. The van der Waals surface area contributed by atoms with Crippen molar-refractivity contribution < 1.29 is 27.5 Å². The summed E-state index contributed by atoms with van der Waals surface area (Å²) in [5, 5.41) is 8.35. The van der Waals surface area contributed by atoms with E-state index in [2.05, 4.69) is 0 Å². The van der Waals surface area contributed by atoms with E-state index in [-0.39, 0.29) is 24.7 Å². The summed E-state index contributed by atoms with van der Waals surface area (Å²) < 4.78 is 36.2. The Morgan fingerprint density at radius 3 is 2.52 bits per heavy atom. The molecule has 1 aliphatic heterocycles. The van der Waals surface area contributed by atoms with Gasteiger partial charge in [0.2, 0.25) is 5.09 Å². The van der Waals surface area contributed by atoms with E-state index >= 15 is 0 Å². The second-order valence-electron chi connectivity index (χ2n) is 6.50. The van der Waals surface area contributed by atoms with Gasteiger partial charge in [0.05, 0.1) is 24.3 Å². The summed E-state index contributed by atoms with van der Waals surface area (Å²) in [5.41, 5.74) is 0.410. The number of unbranched alkanes of at least 4 members (excludes halogenated alkanes) is 3. The highest BCUT2D eigenvalue weighted by molar-refractivity contribution is 7.93. The van der Waals surface area contributed by atoms with E-state index in [1.165, 1.54) is 24.3 Å². The lowest BCUT2D eigenvalue weighted by Crippen LogP contribution is -2.32. The van der Waals surface area contributed by atoms with E-state index in [9.17, 15) is 18.0 Å². The van der Waals surface area contributed by atoms with Crippen molar-refractivity contribution in [1.29, 1.82) is 5.26 Å². The van der Waals surface area contributed by atoms with Gasteiger partial charge in [0.15, 0.2) is 0 Å². The van der Waals surface area contributed by atoms with E-state index in [0.29, 0.717) is 31.4 Å². The third-order valence-corrected chi connectivity index (χ3v) is 5.89. The average Bonchev–Trinajstić information content (AvgIpc) is 2.91. The fraction of sp³-hybridized carbons (Fsp3) is 0.450. The number of ether oxygens (including phenoxy) is 2. The number of benzene rings is 1. The van der Waals surface area contributed by atoms with Crippen LogP contribution in [0.5, 0.6) is 5.75 Å². The van der Waals surface area contributed by atoms with Crippen molar-refractivity contribution >= 4 is 21.9 Å². The topological polar surface area (TPSA) is 114 Å². The molecule has 1 heterocycles. The van der Waals surface area contributed by atoms with Crippen LogP contribution in [0.25, 0.3) is 0 Å². The van der Waals surface area contributed by atoms with E-state index in [4.69, 9.17) is 14.7 Å². The van der Waals surface area contributed by atoms with Gasteiger partial charge >= 0.3 is 5.97 Å². The lowest BCUT2D eigenvalue weighted by atomic mass is 10.2. The Bertz CT molecular complexity index is 900. The van der Waals surface area contributed by atoms with E-state index in [1.54, 1.807) is 0 Å². The van der Waals surface area contributed by atoms with Crippen molar-refractivity contribution in [2.75, 3.05) is 13.2 Å². The van der Waals surface area contributed by atoms with Gasteiger partial charge in [-0.05, 0) is 43.5 Å². The maximum atomic E-state index is 12.5. The first-order valence-corrected chi connectivity index (χ1v) is 10.9. The van der Waals surface area contributed by atoms with Crippen LogP contribution in [0.15, 0.2) is 35.4 Å². The molecule has 0 radical (unpaired) electrons. The zero-order valence-electron chi connectivity index (χ0n) is 16.3. The fourth-order valence-corrected chi connectivity index (χ4v) is 3.93. The number of hydrogen-bond donors (Lipinski definition) is 0. The Kier molecular flexibility index (Phi) is 8.21. The smallest absolute Gasteiger partial charge is 0.305 e. The summed E-state index contributed by atoms with van der Waals surface area (Å²) in [7, 11) is -4.04. The van der Waals surface area contributed by atoms with Gasteiger partial charge in [-0.25, -0.2) is 4.31 Å². The van der Waals surface area contributed by atoms with E-state index in [1.807, 2.05) is 13.0 Å². The number of carbonyl (C=O) groups excluding carboxylic acids is 2. The van der Waals surface area contributed by atoms with Crippen molar-refractivity contribution in [2.24, 2.45) is 0 Å². The molecular weight excluding hydrogens is 396 g/mol. The zero-order chi connectivity index (χ0) is 21.3. The van der Waals surface area contributed by atoms with Crippen LogP contribution in [0, 0.1) is 11.3 Å². The molecule has 0 fully saturated rings. The number of amides is 1. The maximum absolute atomic E-state index is 12.5. The third-order valence-electron chi connectivity index (χ3n) is 4.24. The maximum Gasteiger partial charge on any atom is 0.305 e. The SMILES string of the molecule is CCCCOC(=O)CCCCCN1C(=O)C=C(Oc2ccc(C#N)cc2)S1(=O)=O. The number of hydrogen-bond acceptors (Lipinski definition) is 7. The molecular formula is C20H24N2O6S. The van der Waals surface area contributed by atoms with Crippen molar-refractivity contribution in [2.45, 2.75) is 45.4 Å². The van der Waals surface area contributed by atoms with Gasteiger partial charge in [-0.15, -0.1) is 0 Å². The standard InChI is InChI=1S/C20H24N2O6S/c1-2-3-13-27-19(24)7-5-4-6-12-22-18(23)14-20(29(22,25)26)28-17-10-8-16(15-21)9-11-17/h8-11,14H,2-7,12-13H2,1H3. The Labute approximate surface area is 170 Å². The molecule has 0 saturated carbocycles. The molecule has 2 rings (SSSR count). The molecule has 1 aliphatic rings. The van der Waals surface area contributed by atoms with Crippen molar-refractivity contribution in [3.8, 4) is 11.8 Å². The summed E-state index contributed by atoms with van der Waals surface area (Å²) in [5.74, 6) is -0.703.